The molecule has 4 nitrogen and oxygen atoms in total. The van der Waals surface area contributed by atoms with Gasteiger partial charge in [-0.05, 0) is 30.7 Å². The molecule has 0 atom stereocenters. The Hall–Kier alpha value is -2.33. The molecule has 0 spiro atoms. The molecule has 0 saturated heterocycles. The molecule has 21 heavy (non-hydrogen) atoms. The van der Waals surface area contributed by atoms with E-state index < -0.39 is 0 Å². The summed E-state index contributed by atoms with van der Waals surface area (Å²) < 4.78 is 0. The highest BCUT2D eigenvalue weighted by molar-refractivity contribution is 6.30. The van der Waals surface area contributed by atoms with Crippen molar-refractivity contribution in [2.45, 2.75) is 6.92 Å². The molecule has 0 radical (unpaired) electrons. The van der Waals surface area contributed by atoms with E-state index in [4.69, 9.17) is 11.6 Å². The molecule has 0 saturated carbocycles. The summed E-state index contributed by atoms with van der Waals surface area (Å²) in [4.78, 5) is 20.2. The summed E-state index contributed by atoms with van der Waals surface area (Å²) >= 11 is 5.89. The number of pyridine rings is 2. The van der Waals surface area contributed by atoms with Crippen LogP contribution in [-0.4, -0.2) is 16.5 Å². The highest BCUT2D eigenvalue weighted by atomic mass is 35.5. The number of rotatable bonds is 3. The molecular weight excluding hydrogens is 286 g/mol. The van der Waals surface area contributed by atoms with E-state index >= 15 is 0 Å². The summed E-state index contributed by atoms with van der Waals surface area (Å²) in [5, 5.41) is 4.35. The molecule has 5 heteroatoms. The SMILES string of the molecule is CCNc1nccc2[nH]cc(-c3ccc(Cl)cc3)c(=O)c12. The second-order valence-electron chi connectivity index (χ2n) is 4.65. The first-order valence-electron chi connectivity index (χ1n) is 6.71. The van der Waals surface area contributed by atoms with Crippen molar-refractivity contribution in [3.05, 3.63) is 58.0 Å². The largest absolute Gasteiger partial charge is 0.370 e. The van der Waals surface area contributed by atoms with Crippen LogP contribution in [0.2, 0.25) is 5.02 Å². The van der Waals surface area contributed by atoms with Crippen molar-refractivity contribution < 1.29 is 0 Å². The molecule has 0 aliphatic heterocycles. The van der Waals surface area contributed by atoms with Gasteiger partial charge in [0, 0.05) is 29.5 Å². The Morgan fingerprint density at radius 1 is 1.24 bits per heavy atom. The number of fused-ring (bicyclic) bond motifs is 1. The maximum absolute atomic E-state index is 12.8. The van der Waals surface area contributed by atoms with Crippen LogP contribution in [0.25, 0.3) is 22.0 Å². The van der Waals surface area contributed by atoms with E-state index in [-0.39, 0.29) is 5.43 Å². The molecular formula is C16H14ClN3O. The predicted molar refractivity (Wildman–Crippen MR) is 87.0 cm³/mol. The Morgan fingerprint density at radius 3 is 2.71 bits per heavy atom. The van der Waals surface area contributed by atoms with Gasteiger partial charge >= 0.3 is 0 Å². The van der Waals surface area contributed by atoms with E-state index in [1.165, 1.54) is 0 Å². The summed E-state index contributed by atoms with van der Waals surface area (Å²) in [5.74, 6) is 0.604. The van der Waals surface area contributed by atoms with Gasteiger partial charge < -0.3 is 10.3 Å². The van der Waals surface area contributed by atoms with Crippen LogP contribution in [0.1, 0.15) is 6.92 Å². The maximum Gasteiger partial charge on any atom is 0.200 e. The standard InChI is InChI=1S/C16H14ClN3O/c1-2-18-16-14-13(7-8-19-16)20-9-12(15(14)21)10-3-5-11(17)6-4-10/h3-9H,2H2,1H3,(H,18,19)(H,20,21). The van der Waals surface area contributed by atoms with Gasteiger partial charge in [-0.1, -0.05) is 23.7 Å². The zero-order valence-electron chi connectivity index (χ0n) is 11.5. The van der Waals surface area contributed by atoms with Crippen molar-refractivity contribution in [1.82, 2.24) is 9.97 Å². The fourth-order valence-corrected chi connectivity index (χ4v) is 2.43. The van der Waals surface area contributed by atoms with Gasteiger partial charge in [-0.2, -0.15) is 0 Å². The maximum atomic E-state index is 12.8. The molecule has 0 aliphatic carbocycles. The van der Waals surface area contributed by atoms with Gasteiger partial charge in [-0.25, -0.2) is 4.98 Å². The van der Waals surface area contributed by atoms with Crippen LogP contribution in [0.15, 0.2) is 47.5 Å². The number of nitrogens with zero attached hydrogens (tertiary/aromatic N) is 1. The summed E-state index contributed by atoms with van der Waals surface area (Å²) in [6, 6.07) is 9.01. The lowest BCUT2D eigenvalue weighted by Gasteiger charge is -2.08. The summed E-state index contributed by atoms with van der Waals surface area (Å²) in [5.41, 5.74) is 2.15. The number of hydrogen-bond acceptors (Lipinski definition) is 3. The molecule has 3 rings (SSSR count). The second-order valence-corrected chi connectivity index (χ2v) is 5.09. The number of halogens is 1. The average molecular weight is 300 g/mol. The molecule has 2 N–H and O–H groups in total. The minimum atomic E-state index is -0.0462. The highest BCUT2D eigenvalue weighted by Crippen LogP contribution is 2.22. The van der Waals surface area contributed by atoms with Crippen LogP contribution in [0.3, 0.4) is 0 Å². The van der Waals surface area contributed by atoms with Crippen LogP contribution in [-0.2, 0) is 0 Å². The van der Waals surface area contributed by atoms with Crippen LogP contribution in [0.5, 0.6) is 0 Å². The molecule has 2 aromatic heterocycles. The fourth-order valence-electron chi connectivity index (χ4n) is 2.31. The van der Waals surface area contributed by atoms with Crippen LogP contribution in [0.4, 0.5) is 5.82 Å². The van der Waals surface area contributed by atoms with E-state index in [0.717, 1.165) is 11.1 Å². The molecule has 106 valence electrons. The smallest absolute Gasteiger partial charge is 0.200 e. The van der Waals surface area contributed by atoms with E-state index in [0.29, 0.717) is 28.3 Å². The first kappa shape index (κ1) is 13.6. The third-order valence-electron chi connectivity index (χ3n) is 3.29. The Bertz CT molecular complexity index is 840. The lowest BCUT2D eigenvalue weighted by molar-refractivity contribution is 1.17. The molecule has 0 unspecified atom stereocenters. The molecule has 2 heterocycles. The summed E-state index contributed by atoms with van der Waals surface area (Å²) in [6.45, 7) is 2.68. The lowest BCUT2D eigenvalue weighted by Crippen LogP contribution is -2.11. The zero-order valence-corrected chi connectivity index (χ0v) is 12.2. The molecule has 0 fully saturated rings. The van der Waals surface area contributed by atoms with Gasteiger partial charge in [0.25, 0.3) is 0 Å². The minimum absolute atomic E-state index is 0.0462. The summed E-state index contributed by atoms with van der Waals surface area (Å²) in [6.07, 6.45) is 3.40. The van der Waals surface area contributed by atoms with Crippen molar-refractivity contribution in [3.63, 3.8) is 0 Å². The first-order chi connectivity index (χ1) is 10.2. The lowest BCUT2D eigenvalue weighted by atomic mass is 10.1. The van der Waals surface area contributed by atoms with Crippen molar-refractivity contribution in [1.29, 1.82) is 0 Å². The second kappa shape index (κ2) is 5.58. The highest BCUT2D eigenvalue weighted by Gasteiger charge is 2.11. The number of hydrogen-bond donors (Lipinski definition) is 2. The van der Waals surface area contributed by atoms with Gasteiger partial charge in [-0.15, -0.1) is 0 Å². The topological polar surface area (TPSA) is 57.8 Å². The Kier molecular flexibility index (Phi) is 3.62. The Morgan fingerprint density at radius 2 is 2.00 bits per heavy atom. The average Bonchev–Trinajstić information content (AvgIpc) is 2.49. The van der Waals surface area contributed by atoms with Crippen molar-refractivity contribution in [3.8, 4) is 11.1 Å². The van der Waals surface area contributed by atoms with Crippen molar-refractivity contribution in [2.24, 2.45) is 0 Å². The van der Waals surface area contributed by atoms with Gasteiger partial charge in [0.1, 0.15) is 5.82 Å². The Labute approximate surface area is 126 Å². The number of anilines is 1. The van der Waals surface area contributed by atoms with Crippen LogP contribution < -0.4 is 10.7 Å². The van der Waals surface area contributed by atoms with Crippen molar-refractivity contribution >= 4 is 28.3 Å². The minimum Gasteiger partial charge on any atom is -0.370 e. The molecule has 0 amide bonds. The third-order valence-corrected chi connectivity index (χ3v) is 3.55. The Balaban J connectivity index is 2.26. The van der Waals surface area contributed by atoms with E-state index in [1.54, 1.807) is 30.6 Å². The van der Waals surface area contributed by atoms with Crippen LogP contribution in [0, 0.1) is 0 Å². The molecule has 0 bridgehead atoms. The normalized spacial score (nSPS) is 10.8. The molecule has 0 aliphatic rings. The molecule has 1 aromatic carbocycles. The number of H-pyrrole nitrogens is 1. The predicted octanol–water partition coefficient (Wildman–Crippen LogP) is 3.68. The van der Waals surface area contributed by atoms with Gasteiger partial charge in [-0.3, -0.25) is 4.79 Å². The first-order valence-corrected chi connectivity index (χ1v) is 7.08. The molecule has 3 aromatic rings. The van der Waals surface area contributed by atoms with Gasteiger partial charge in [0.2, 0.25) is 5.43 Å². The van der Waals surface area contributed by atoms with E-state index in [2.05, 4.69) is 15.3 Å². The summed E-state index contributed by atoms with van der Waals surface area (Å²) in [7, 11) is 0. The monoisotopic (exact) mass is 299 g/mol. The van der Waals surface area contributed by atoms with Gasteiger partial charge in [0.05, 0.1) is 10.9 Å². The zero-order chi connectivity index (χ0) is 14.8. The number of aromatic nitrogens is 2. The number of benzene rings is 1. The van der Waals surface area contributed by atoms with Crippen LogP contribution >= 0.6 is 11.6 Å². The number of nitrogens with one attached hydrogen (secondary N) is 2. The quantitative estimate of drug-likeness (QED) is 0.775. The number of aromatic amines is 1. The fraction of sp³-hybridized carbons (Fsp3) is 0.125. The third kappa shape index (κ3) is 2.50. The van der Waals surface area contributed by atoms with E-state index in [1.807, 2.05) is 19.1 Å². The van der Waals surface area contributed by atoms with Gasteiger partial charge in [0.15, 0.2) is 0 Å². The van der Waals surface area contributed by atoms with Crippen molar-refractivity contribution in [2.75, 3.05) is 11.9 Å². The van der Waals surface area contributed by atoms with E-state index in [9.17, 15) is 4.79 Å².